The molecule has 21 heavy (non-hydrogen) atoms. The van der Waals surface area contributed by atoms with Gasteiger partial charge in [-0.25, -0.2) is 0 Å². The average Bonchev–Trinajstić information content (AvgIpc) is 2.56. The van der Waals surface area contributed by atoms with E-state index in [0.29, 0.717) is 0 Å². The molecule has 0 N–H and O–H groups in total. The Hall–Kier alpha value is -2.09. The molecule has 1 aliphatic heterocycles. The Balaban J connectivity index is 1.61. The van der Waals surface area contributed by atoms with E-state index in [1.165, 1.54) is 24.8 Å². The standard InChI is InChI=1S/C19H21NO/c21-15-18-8-4-5-9-19(18)20-12-10-17(11-13-20)14-16-6-2-1-3-7-16/h1-9,15,17H,10-14H2. The second-order valence-electron chi connectivity index (χ2n) is 5.80. The highest BCUT2D eigenvalue weighted by Crippen LogP contribution is 2.27. The van der Waals surface area contributed by atoms with Gasteiger partial charge in [-0.3, -0.25) is 4.79 Å². The summed E-state index contributed by atoms with van der Waals surface area (Å²) >= 11 is 0. The van der Waals surface area contributed by atoms with Crippen LogP contribution < -0.4 is 4.90 Å². The lowest BCUT2D eigenvalue weighted by molar-refractivity contribution is 0.112. The molecule has 0 radical (unpaired) electrons. The minimum Gasteiger partial charge on any atom is -0.371 e. The first-order chi connectivity index (χ1) is 10.4. The number of anilines is 1. The van der Waals surface area contributed by atoms with Crippen LogP contribution in [0.2, 0.25) is 0 Å². The molecule has 2 aromatic rings. The van der Waals surface area contributed by atoms with E-state index in [4.69, 9.17) is 0 Å². The third-order valence-corrected chi connectivity index (χ3v) is 4.39. The number of hydrogen-bond acceptors (Lipinski definition) is 2. The number of para-hydroxylation sites is 1. The number of rotatable bonds is 4. The summed E-state index contributed by atoms with van der Waals surface area (Å²) in [4.78, 5) is 13.5. The summed E-state index contributed by atoms with van der Waals surface area (Å²) in [5.41, 5.74) is 3.33. The van der Waals surface area contributed by atoms with Gasteiger partial charge in [0, 0.05) is 24.3 Å². The molecule has 0 bridgehead atoms. The predicted molar refractivity (Wildman–Crippen MR) is 86.9 cm³/mol. The molecule has 1 heterocycles. The summed E-state index contributed by atoms with van der Waals surface area (Å²) in [6.45, 7) is 2.09. The Morgan fingerprint density at radius 1 is 0.952 bits per heavy atom. The number of hydrogen-bond donors (Lipinski definition) is 0. The Morgan fingerprint density at radius 2 is 1.62 bits per heavy atom. The van der Waals surface area contributed by atoms with Gasteiger partial charge in [0.05, 0.1) is 0 Å². The first-order valence-electron chi connectivity index (χ1n) is 7.70. The van der Waals surface area contributed by atoms with E-state index in [-0.39, 0.29) is 0 Å². The fraction of sp³-hybridized carbons (Fsp3) is 0.316. The summed E-state index contributed by atoms with van der Waals surface area (Å²) in [6.07, 6.45) is 4.53. The van der Waals surface area contributed by atoms with E-state index >= 15 is 0 Å². The normalized spacial score (nSPS) is 15.9. The summed E-state index contributed by atoms with van der Waals surface area (Å²) < 4.78 is 0. The van der Waals surface area contributed by atoms with E-state index < -0.39 is 0 Å². The van der Waals surface area contributed by atoms with E-state index in [9.17, 15) is 4.79 Å². The maximum absolute atomic E-state index is 11.1. The van der Waals surface area contributed by atoms with Gasteiger partial charge < -0.3 is 4.90 Å². The molecule has 108 valence electrons. The molecule has 1 fully saturated rings. The van der Waals surface area contributed by atoms with Crippen LogP contribution in [0.25, 0.3) is 0 Å². The van der Waals surface area contributed by atoms with Crippen LogP contribution in [0, 0.1) is 5.92 Å². The van der Waals surface area contributed by atoms with Crippen molar-refractivity contribution in [2.24, 2.45) is 5.92 Å². The van der Waals surface area contributed by atoms with Crippen molar-refractivity contribution in [1.29, 1.82) is 0 Å². The maximum atomic E-state index is 11.1. The number of benzene rings is 2. The molecular weight excluding hydrogens is 258 g/mol. The van der Waals surface area contributed by atoms with Crippen molar-refractivity contribution in [2.75, 3.05) is 18.0 Å². The summed E-state index contributed by atoms with van der Waals surface area (Å²) in [5.74, 6) is 0.757. The van der Waals surface area contributed by atoms with Crippen LogP contribution in [-0.2, 0) is 6.42 Å². The highest BCUT2D eigenvalue weighted by molar-refractivity contribution is 5.84. The fourth-order valence-corrected chi connectivity index (χ4v) is 3.20. The van der Waals surface area contributed by atoms with E-state index in [1.807, 2.05) is 18.2 Å². The van der Waals surface area contributed by atoms with E-state index in [1.54, 1.807) is 0 Å². The molecule has 1 aliphatic rings. The predicted octanol–water partition coefficient (Wildman–Crippen LogP) is 3.96. The second kappa shape index (κ2) is 6.57. The van der Waals surface area contributed by atoms with Gasteiger partial charge >= 0.3 is 0 Å². The third-order valence-electron chi connectivity index (χ3n) is 4.39. The van der Waals surface area contributed by atoms with Gasteiger partial charge in [-0.1, -0.05) is 42.5 Å². The van der Waals surface area contributed by atoms with Crippen molar-refractivity contribution >= 4 is 12.0 Å². The first-order valence-corrected chi connectivity index (χ1v) is 7.70. The van der Waals surface area contributed by atoms with Crippen LogP contribution in [0.15, 0.2) is 54.6 Å². The molecule has 0 aliphatic carbocycles. The molecular formula is C19H21NO. The Kier molecular flexibility index (Phi) is 4.34. The molecule has 0 aromatic heterocycles. The van der Waals surface area contributed by atoms with Crippen LogP contribution >= 0.6 is 0 Å². The summed E-state index contributed by atoms with van der Waals surface area (Å²) in [5, 5.41) is 0. The molecule has 0 atom stereocenters. The van der Waals surface area contributed by atoms with Gasteiger partial charge in [0.15, 0.2) is 6.29 Å². The number of nitrogens with zero attached hydrogens (tertiary/aromatic N) is 1. The van der Waals surface area contributed by atoms with Gasteiger partial charge in [0.2, 0.25) is 0 Å². The van der Waals surface area contributed by atoms with Crippen LogP contribution in [0.3, 0.4) is 0 Å². The molecule has 0 saturated carbocycles. The number of carbonyl (C=O) groups excluding carboxylic acids is 1. The Bertz CT molecular complexity index is 586. The summed E-state index contributed by atoms with van der Waals surface area (Å²) in [7, 11) is 0. The van der Waals surface area contributed by atoms with Crippen molar-refractivity contribution in [2.45, 2.75) is 19.3 Å². The van der Waals surface area contributed by atoms with Crippen molar-refractivity contribution in [3.05, 3.63) is 65.7 Å². The zero-order valence-electron chi connectivity index (χ0n) is 12.2. The average molecular weight is 279 g/mol. The highest BCUT2D eigenvalue weighted by Gasteiger charge is 2.20. The van der Waals surface area contributed by atoms with Gasteiger partial charge in [-0.15, -0.1) is 0 Å². The Labute approximate surface area is 126 Å². The number of piperidine rings is 1. The largest absolute Gasteiger partial charge is 0.371 e. The van der Waals surface area contributed by atoms with Gasteiger partial charge in [0.1, 0.15) is 0 Å². The van der Waals surface area contributed by atoms with Gasteiger partial charge in [-0.2, -0.15) is 0 Å². The molecule has 2 aromatic carbocycles. The quantitative estimate of drug-likeness (QED) is 0.790. The zero-order valence-corrected chi connectivity index (χ0v) is 12.2. The Morgan fingerprint density at radius 3 is 2.33 bits per heavy atom. The second-order valence-corrected chi connectivity index (χ2v) is 5.80. The minimum atomic E-state index is 0.757. The molecule has 0 amide bonds. The smallest absolute Gasteiger partial charge is 0.152 e. The highest BCUT2D eigenvalue weighted by atomic mass is 16.1. The minimum absolute atomic E-state index is 0.757. The van der Waals surface area contributed by atoms with E-state index in [0.717, 1.165) is 36.5 Å². The SMILES string of the molecule is O=Cc1ccccc1N1CCC(Cc2ccccc2)CC1. The monoisotopic (exact) mass is 279 g/mol. The molecule has 0 spiro atoms. The molecule has 2 heteroatoms. The number of carbonyl (C=O) groups is 1. The lowest BCUT2D eigenvalue weighted by Gasteiger charge is -2.34. The third kappa shape index (κ3) is 3.33. The molecule has 0 unspecified atom stereocenters. The maximum Gasteiger partial charge on any atom is 0.152 e. The van der Waals surface area contributed by atoms with Crippen LogP contribution in [0.4, 0.5) is 5.69 Å². The zero-order chi connectivity index (χ0) is 14.5. The van der Waals surface area contributed by atoms with Gasteiger partial charge in [-0.05, 0) is 42.9 Å². The summed E-state index contributed by atoms with van der Waals surface area (Å²) in [6, 6.07) is 18.6. The molecule has 1 saturated heterocycles. The van der Waals surface area contributed by atoms with E-state index in [2.05, 4.69) is 41.3 Å². The number of aldehydes is 1. The van der Waals surface area contributed by atoms with Crippen molar-refractivity contribution in [3.8, 4) is 0 Å². The van der Waals surface area contributed by atoms with Gasteiger partial charge in [0.25, 0.3) is 0 Å². The van der Waals surface area contributed by atoms with Crippen LogP contribution in [-0.4, -0.2) is 19.4 Å². The molecule has 2 nitrogen and oxygen atoms in total. The topological polar surface area (TPSA) is 20.3 Å². The van der Waals surface area contributed by atoms with Crippen molar-refractivity contribution in [1.82, 2.24) is 0 Å². The van der Waals surface area contributed by atoms with Crippen molar-refractivity contribution < 1.29 is 4.79 Å². The van der Waals surface area contributed by atoms with Crippen LogP contribution in [0.1, 0.15) is 28.8 Å². The first kappa shape index (κ1) is 13.9. The lowest BCUT2D eigenvalue weighted by atomic mass is 9.90. The van der Waals surface area contributed by atoms with Crippen LogP contribution in [0.5, 0.6) is 0 Å². The van der Waals surface area contributed by atoms with Crippen molar-refractivity contribution in [3.63, 3.8) is 0 Å². The fourth-order valence-electron chi connectivity index (χ4n) is 3.20. The lowest BCUT2D eigenvalue weighted by Crippen LogP contribution is -2.34. The molecule has 3 rings (SSSR count).